The van der Waals surface area contributed by atoms with E-state index in [2.05, 4.69) is 23.6 Å². The molecule has 0 saturated heterocycles. The van der Waals surface area contributed by atoms with E-state index >= 15 is 0 Å². The number of aliphatic imine (C=N–C) groups is 1. The van der Waals surface area contributed by atoms with E-state index in [1.807, 2.05) is 0 Å². The summed E-state index contributed by atoms with van der Waals surface area (Å²) >= 11 is 0. The molecule has 7 N–H and O–H groups in total. The van der Waals surface area contributed by atoms with Crippen molar-refractivity contribution in [2.75, 3.05) is 0 Å². The zero-order valence-electron chi connectivity index (χ0n) is 6.75. The Bertz CT molecular complexity index is 238. The van der Waals surface area contributed by atoms with E-state index in [9.17, 15) is 0 Å². The molecule has 5 nitrogen and oxygen atoms in total. The molecule has 0 heterocycles. The maximum atomic E-state index is 5.49. The Labute approximate surface area is 71.3 Å². The van der Waals surface area contributed by atoms with Crippen molar-refractivity contribution in [1.82, 2.24) is 5.43 Å². The summed E-state index contributed by atoms with van der Waals surface area (Å²) in [5.74, 6) is 5.50. The van der Waals surface area contributed by atoms with Gasteiger partial charge in [0, 0.05) is 6.20 Å². The van der Waals surface area contributed by atoms with Crippen molar-refractivity contribution in [1.29, 1.82) is 0 Å². The number of nitrogens with two attached hydrogens (primary N) is 3. The smallest absolute Gasteiger partial charge is 0.134 e. The van der Waals surface area contributed by atoms with E-state index in [4.69, 9.17) is 17.3 Å². The van der Waals surface area contributed by atoms with Gasteiger partial charge >= 0.3 is 0 Å². The largest absolute Gasteiger partial charge is 0.384 e. The molecule has 0 aliphatic rings. The van der Waals surface area contributed by atoms with Gasteiger partial charge in [-0.1, -0.05) is 19.2 Å². The summed E-state index contributed by atoms with van der Waals surface area (Å²) in [6.07, 6.45) is 2.76. The molecule has 0 aromatic heterocycles. The van der Waals surface area contributed by atoms with E-state index in [-0.39, 0.29) is 11.7 Å². The molecule has 0 aromatic rings. The van der Waals surface area contributed by atoms with Crippen LogP contribution in [0.15, 0.2) is 41.8 Å². The van der Waals surface area contributed by atoms with Gasteiger partial charge in [0.1, 0.15) is 11.7 Å². The molecular weight excluding hydrogens is 154 g/mol. The van der Waals surface area contributed by atoms with Crippen molar-refractivity contribution in [2.24, 2.45) is 22.3 Å². The predicted molar refractivity (Wildman–Crippen MR) is 50.6 cm³/mol. The number of rotatable bonds is 4. The molecule has 0 atom stereocenters. The van der Waals surface area contributed by atoms with Gasteiger partial charge in [-0.25, -0.2) is 10.8 Å². The molecule has 12 heavy (non-hydrogen) atoms. The Morgan fingerprint density at radius 1 is 1.33 bits per heavy atom. The normalized spacial score (nSPS) is 13.2. The van der Waals surface area contributed by atoms with Gasteiger partial charge in [0.05, 0.1) is 5.57 Å². The topological polar surface area (TPSA) is 102 Å². The highest BCUT2D eigenvalue weighted by molar-refractivity contribution is 6.00. The molecule has 0 rings (SSSR count). The SMILES string of the molecule is C=C/N=C(N)\C(C=C)=C(/N)NN. The number of amidine groups is 1. The van der Waals surface area contributed by atoms with Gasteiger partial charge in [0.25, 0.3) is 0 Å². The minimum atomic E-state index is 0.216. The monoisotopic (exact) mass is 167 g/mol. The van der Waals surface area contributed by atoms with Crippen LogP contribution in [0.3, 0.4) is 0 Å². The van der Waals surface area contributed by atoms with Crippen LogP contribution in [0, 0.1) is 0 Å². The summed E-state index contributed by atoms with van der Waals surface area (Å²) < 4.78 is 0. The van der Waals surface area contributed by atoms with Gasteiger partial charge in [-0.15, -0.1) is 0 Å². The third-order valence-electron chi connectivity index (χ3n) is 1.16. The van der Waals surface area contributed by atoms with Crippen LogP contribution in [-0.2, 0) is 0 Å². The average Bonchev–Trinajstić information content (AvgIpc) is 2.06. The maximum Gasteiger partial charge on any atom is 0.134 e. The lowest BCUT2D eigenvalue weighted by Gasteiger charge is -2.05. The third-order valence-corrected chi connectivity index (χ3v) is 1.16. The number of hydrazine groups is 1. The minimum Gasteiger partial charge on any atom is -0.384 e. The summed E-state index contributed by atoms with van der Waals surface area (Å²) in [4.78, 5) is 3.72. The molecular formula is C7H13N5. The highest BCUT2D eigenvalue weighted by Crippen LogP contribution is 1.97. The highest BCUT2D eigenvalue weighted by atomic mass is 15.3. The lowest BCUT2D eigenvalue weighted by atomic mass is 10.2. The van der Waals surface area contributed by atoms with E-state index in [1.54, 1.807) is 0 Å². The van der Waals surface area contributed by atoms with Gasteiger partial charge in [-0.05, 0) is 0 Å². The second-order valence-corrected chi connectivity index (χ2v) is 1.87. The molecule has 0 aliphatic carbocycles. The van der Waals surface area contributed by atoms with Gasteiger partial charge in [-0.2, -0.15) is 0 Å². The number of hydrogen-bond acceptors (Lipinski definition) is 4. The molecule has 0 unspecified atom stereocenters. The van der Waals surface area contributed by atoms with Crippen LogP contribution in [-0.4, -0.2) is 5.84 Å². The molecule has 0 spiro atoms. The predicted octanol–water partition coefficient (Wildman–Crippen LogP) is -0.693. The van der Waals surface area contributed by atoms with Gasteiger partial charge < -0.3 is 16.9 Å². The van der Waals surface area contributed by atoms with Crippen LogP contribution in [0.5, 0.6) is 0 Å². The molecule has 0 amide bonds. The Balaban J connectivity index is 4.90. The van der Waals surface area contributed by atoms with Crippen molar-refractivity contribution in [3.05, 3.63) is 36.8 Å². The Hall–Kier alpha value is -1.75. The summed E-state index contributed by atoms with van der Waals surface area (Å²) in [5, 5.41) is 0. The second kappa shape index (κ2) is 4.97. The lowest BCUT2D eigenvalue weighted by molar-refractivity contribution is 0.863. The summed E-state index contributed by atoms with van der Waals surface area (Å²) in [7, 11) is 0. The van der Waals surface area contributed by atoms with E-state index in [0.717, 1.165) is 0 Å². The zero-order chi connectivity index (χ0) is 9.56. The van der Waals surface area contributed by atoms with E-state index in [1.165, 1.54) is 12.3 Å². The molecule has 0 fully saturated rings. The van der Waals surface area contributed by atoms with Crippen LogP contribution in [0.2, 0.25) is 0 Å². The van der Waals surface area contributed by atoms with Crippen LogP contribution >= 0.6 is 0 Å². The van der Waals surface area contributed by atoms with Crippen LogP contribution in [0.1, 0.15) is 0 Å². The second-order valence-electron chi connectivity index (χ2n) is 1.87. The summed E-state index contributed by atoms with van der Waals surface area (Å²) in [6.45, 7) is 6.89. The molecule has 0 saturated carbocycles. The fraction of sp³-hybridized carbons (Fsp3) is 0. The number of nitrogens with one attached hydrogen (secondary N) is 1. The van der Waals surface area contributed by atoms with Crippen molar-refractivity contribution in [3.8, 4) is 0 Å². The zero-order valence-corrected chi connectivity index (χ0v) is 6.75. The van der Waals surface area contributed by atoms with Crippen LogP contribution < -0.4 is 22.7 Å². The molecule has 0 bridgehead atoms. The minimum absolute atomic E-state index is 0.216. The average molecular weight is 167 g/mol. The third kappa shape index (κ3) is 2.47. The molecule has 5 heteroatoms. The molecule has 66 valence electrons. The number of hydrogen-bond donors (Lipinski definition) is 4. The van der Waals surface area contributed by atoms with E-state index < -0.39 is 0 Å². The van der Waals surface area contributed by atoms with Gasteiger partial charge in [0.15, 0.2) is 0 Å². The van der Waals surface area contributed by atoms with Crippen molar-refractivity contribution >= 4 is 5.84 Å². The van der Waals surface area contributed by atoms with Crippen LogP contribution in [0.25, 0.3) is 0 Å². The highest BCUT2D eigenvalue weighted by Gasteiger charge is 2.01. The first-order chi connectivity index (χ1) is 5.67. The first kappa shape index (κ1) is 10.2. The van der Waals surface area contributed by atoms with Crippen molar-refractivity contribution in [3.63, 3.8) is 0 Å². The number of nitrogens with zero attached hydrogens (tertiary/aromatic N) is 1. The van der Waals surface area contributed by atoms with Crippen molar-refractivity contribution in [2.45, 2.75) is 0 Å². The first-order valence-corrected chi connectivity index (χ1v) is 3.20. The standard InChI is InChI=1S/C7H13N5/c1-3-5(7(9)12-10)6(8)11-4-2/h3-4,12H,1-2,9-10H2,(H2,8,11)/b7-5+. The van der Waals surface area contributed by atoms with Crippen molar-refractivity contribution < 1.29 is 0 Å². The van der Waals surface area contributed by atoms with Gasteiger partial charge in [0.2, 0.25) is 0 Å². The van der Waals surface area contributed by atoms with Crippen LogP contribution in [0.4, 0.5) is 0 Å². The lowest BCUT2D eigenvalue weighted by Crippen LogP contribution is -2.31. The first-order valence-electron chi connectivity index (χ1n) is 3.20. The molecule has 0 radical (unpaired) electrons. The fourth-order valence-corrected chi connectivity index (χ4v) is 0.598. The van der Waals surface area contributed by atoms with E-state index in [0.29, 0.717) is 5.57 Å². The quantitative estimate of drug-likeness (QED) is 0.146. The Morgan fingerprint density at radius 2 is 1.92 bits per heavy atom. The summed E-state index contributed by atoms with van der Waals surface area (Å²) in [6, 6.07) is 0. The molecule has 0 aromatic carbocycles. The maximum absolute atomic E-state index is 5.49. The van der Waals surface area contributed by atoms with Gasteiger partial charge in [-0.3, -0.25) is 0 Å². The Morgan fingerprint density at radius 3 is 2.25 bits per heavy atom. The fourth-order valence-electron chi connectivity index (χ4n) is 0.598. The molecule has 0 aliphatic heterocycles. The summed E-state index contributed by atoms with van der Waals surface area (Å²) in [5.41, 5.74) is 13.6. The Kier molecular flexibility index (Phi) is 4.25.